The summed E-state index contributed by atoms with van der Waals surface area (Å²) in [6, 6.07) is 0. The van der Waals surface area contributed by atoms with Crippen LogP contribution < -0.4 is 0 Å². The molecule has 6 heteroatoms. The lowest BCUT2D eigenvalue weighted by molar-refractivity contribution is -0.147. The zero-order valence-electron chi connectivity index (χ0n) is 8.98. The van der Waals surface area contributed by atoms with Crippen molar-refractivity contribution in [2.45, 2.75) is 38.5 Å². The average Bonchev–Trinajstić information content (AvgIpc) is 2.19. The van der Waals surface area contributed by atoms with E-state index in [0.29, 0.717) is 19.3 Å². The summed E-state index contributed by atoms with van der Waals surface area (Å²) in [5.41, 5.74) is 0. The Labute approximate surface area is 93.2 Å². The van der Waals surface area contributed by atoms with Crippen molar-refractivity contribution in [3.05, 3.63) is 0 Å². The summed E-state index contributed by atoms with van der Waals surface area (Å²) < 4.78 is 4.75. The molecule has 0 bridgehead atoms. The molecule has 0 saturated carbocycles. The van der Waals surface area contributed by atoms with Crippen molar-refractivity contribution in [3.63, 3.8) is 0 Å². The van der Waals surface area contributed by atoms with Crippen molar-refractivity contribution in [2.24, 2.45) is 0 Å². The summed E-state index contributed by atoms with van der Waals surface area (Å²) in [5, 5.41) is 16.6. The van der Waals surface area contributed by atoms with Crippen LogP contribution in [-0.4, -0.2) is 34.7 Å². The summed E-state index contributed by atoms with van der Waals surface area (Å²) in [4.78, 5) is 31.2. The second kappa shape index (κ2) is 8.70. The van der Waals surface area contributed by atoms with Crippen LogP contribution in [0.5, 0.6) is 0 Å². The van der Waals surface area contributed by atoms with Crippen molar-refractivity contribution in [2.75, 3.05) is 6.61 Å². The van der Waals surface area contributed by atoms with E-state index in [4.69, 9.17) is 14.9 Å². The topological polar surface area (TPSA) is 101 Å². The van der Waals surface area contributed by atoms with Crippen LogP contribution in [0.3, 0.4) is 0 Å². The second-order valence-electron chi connectivity index (χ2n) is 3.32. The summed E-state index contributed by atoms with van der Waals surface area (Å²) in [5.74, 6) is -2.39. The minimum atomic E-state index is -1.03. The number of ether oxygens (including phenoxy) is 1. The SMILES string of the molecule is O=C(O)CCCCCOC(=O)CCC(=O)O. The van der Waals surface area contributed by atoms with Gasteiger partial charge in [0.1, 0.15) is 0 Å². The van der Waals surface area contributed by atoms with Gasteiger partial charge in [-0.15, -0.1) is 0 Å². The van der Waals surface area contributed by atoms with Crippen LogP contribution in [0.4, 0.5) is 0 Å². The van der Waals surface area contributed by atoms with E-state index >= 15 is 0 Å². The van der Waals surface area contributed by atoms with E-state index < -0.39 is 17.9 Å². The number of carbonyl (C=O) groups excluding carboxylic acids is 1. The van der Waals surface area contributed by atoms with Crippen LogP contribution in [0.25, 0.3) is 0 Å². The Morgan fingerprint density at radius 3 is 2.00 bits per heavy atom. The van der Waals surface area contributed by atoms with Crippen molar-refractivity contribution < 1.29 is 29.3 Å². The highest BCUT2D eigenvalue weighted by Crippen LogP contribution is 2.01. The molecule has 0 fully saturated rings. The molecule has 92 valence electrons. The van der Waals surface area contributed by atoms with Crippen molar-refractivity contribution in [3.8, 4) is 0 Å². The molecule has 0 unspecified atom stereocenters. The van der Waals surface area contributed by atoms with Gasteiger partial charge in [0.05, 0.1) is 19.4 Å². The molecule has 0 spiro atoms. The Morgan fingerprint density at radius 1 is 0.812 bits per heavy atom. The van der Waals surface area contributed by atoms with E-state index in [-0.39, 0.29) is 25.9 Å². The van der Waals surface area contributed by atoms with Gasteiger partial charge < -0.3 is 14.9 Å². The maximum Gasteiger partial charge on any atom is 0.306 e. The van der Waals surface area contributed by atoms with Crippen molar-refractivity contribution in [1.82, 2.24) is 0 Å². The van der Waals surface area contributed by atoms with E-state index in [2.05, 4.69) is 0 Å². The van der Waals surface area contributed by atoms with E-state index in [9.17, 15) is 14.4 Å². The number of carbonyl (C=O) groups is 3. The molecule has 0 saturated heterocycles. The van der Waals surface area contributed by atoms with Gasteiger partial charge >= 0.3 is 17.9 Å². The first kappa shape index (κ1) is 14.4. The molecule has 0 rings (SSSR count). The molecule has 0 aromatic rings. The Bertz CT molecular complexity index is 248. The summed E-state index contributed by atoms with van der Waals surface area (Å²) >= 11 is 0. The molecular weight excluding hydrogens is 216 g/mol. The quantitative estimate of drug-likeness (QED) is 0.455. The van der Waals surface area contributed by atoms with Gasteiger partial charge in [-0.2, -0.15) is 0 Å². The van der Waals surface area contributed by atoms with Crippen molar-refractivity contribution >= 4 is 17.9 Å². The average molecular weight is 232 g/mol. The summed E-state index contributed by atoms with van der Waals surface area (Å²) in [6.07, 6.45) is 1.61. The number of rotatable bonds is 9. The third-order valence-corrected chi connectivity index (χ3v) is 1.84. The molecule has 0 heterocycles. The molecule has 0 radical (unpaired) electrons. The Hall–Kier alpha value is -1.59. The Morgan fingerprint density at radius 2 is 1.44 bits per heavy atom. The maximum atomic E-state index is 10.9. The van der Waals surface area contributed by atoms with E-state index in [0.717, 1.165) is 0 Å². The fourth-order valence-corrected chi connectivity index (χ4v) is 1.02. The van der Waals surface area contributed by atoms with Gasteiger partial charge in [0.15, 0.2) is 0 Å². The van der Waals surface area contributed by atoms with Crippen LogP contribution in [0.2, 0.25) is 0 Å². The van der Waals surface area contributed by atoms with Crippen molar-refractivity contribution in [1.29, 1.82) is 0 Å². The molecule has 16 heavy (non-hydrogen) atoms. The Kier molecular flexibility index (Phi) is 7.83. The molecule has 0 amide bonds. The summed E-state index contributed by atoms with van der Waals surface area (Å²) in [7, 11) is 0. The number of hydrogen-bond acceptors (Lipinski definition) is 4. The standard InChI is InChI=1S/C10H16O6/c11-8(12)4-2-1-3-7-16-10(15)6-5-9(13)14/h1-7H2,(H,11,12)(H,13,14). The molecule has 0 aromatic carbocycles. The zero-order chi connectivity index (χ0) is 12.4. The molecule has 0 aromatic heterocycles. The smallest absolute Gasteiger partial charge is 0.306 e. The highest BCUT2D eigenvalue weighted by atomic mass is 16.5. The maximum absolute atomic E-state index is 10.9. The van der Waals surface area contributed by atoms with Crippen LogP contribution in [0, 0.1) is 0 Å². The fourth-order valence-electron chi connectivity index (χ4n) is 1.02. The first-order chi connectivity index (χ1) is 7.52. The molecule has 0 aliphatic rings. The number of aliphatic carboxylic acids is 2. The molecule has 6 nitrogen and oxygen atoms in total. The van der Waals surface area contributed by atoms with Gasteiger partial charge in [-0.1, -0.05) is 0 Å². The van der Waals surface area contributed by atoms with E-state index in [1.807, 2.05) is 0 Å². The molecule has 0 aliphatic heterocycles. The van der Waals surface area contributed by atoms with E-state index in [1.54, 1.807) is 0 Å². The lowest BCUT2D eigenvalue weighted by Gasteiger charge is -2.03. The lowest BCUT2D eigenvalue weighted by atomic mass is 10.2. The minimum absolute atomic E-state index is 0.118. The van der Waals surface area contributed by atoms with Gasteiger partial charge in [0.2, 0.25) is 0 Å². The molecule has 0 atom stereocenters. The van der Waals surface area contributed by atoms with Crippen LogP contribution >= 0.6 is 0 Å². The van der Waals surface area contributed by atoms with Crippen LogP contribution in [0.15, 0.2) is 0 Å². The first-order valence-corrected chi connectivity index (χ1v) is 5.11. The van der Waals surface area contributed by atoms with Crippen LogP contribution in [-0.2, 0) is 19.1 Å². The monoisotopic (exact) mass is 232 g/mol. The largest absolute Gasteiger partial charge is 0.481 e. The Balaban J connectivity index is 3.27. The van der Waals surface area contributed by atoms with Gasteiger partial charge in [-0.3, -0.25) is 14.4 Å². The lowest BCUT2D eigenvalue weighted by Crippen LogP contribution is -2.08. The van der Waals surface area contributed by atoms with Gasteiger partial charge in [-0.05, 0) is 19.3 Å². The third kappa shape index (κ3) is 10.5. The molecular formula is C10H16O6. The predicted molar refractivity (Wildman–Crippen MR) is 53.9 cm³/mol. The highest BCUT2D eigenvalue weighted by Gasteiger charge is 2.06. The summed E-state index contributed by atoms with van der Waals surface area (Å²) in [6.45, 7) is 0.220. The number of esters is 1. The normalized spacial score (nSPS) is 9.75. The van der Waals surface area contributed by atoms with Crippen LogP contribution in [0.1, 0.15) is 38.5 Å². The highest BCUT2D eigenvalue weighted by molar-refractivity contribution is 5.76. The number of carboxylic acid groups (broad SMARTS) is 2. The number of carboxylic acids is 2. The zero-order valence-corrected chi connectivity index (χ0v) is 8.98. The minimum Gasteiger partial charge on any atom is -0.481 e. The fraction of sp³-hybridized carbons (Fsp3) is 0.700. The third-order valence-electron chi connectivity index (χ3n) is 1.84. The van der Waals surface area contributed by atoms with Gasteiger partial charge in [0.25, 0.3) is 0 Å². The number of unbranched alkanes of at least 4 members (excludes halogenated alkanes) is 2. The first-order valence-electron chi connectivity index (χ1n) is 5.11. The second-order valence-corrected chi connectivity index (χ2v) is 3.32. The van der Waals surface area contributed by atoms with Gasteiger partial charge in [0, 0.05) is 6.42 Å². The predicted octanol–water partition coefficient (Wildman–Crippen LogP) is 1.04. The molecule has 2 N–H and O–H groups in total. The number of hydrogen-bond donors (Lipinski definition) is 2. The molecule has 0 aliphatic carbocycles. The van der Waals surface area contributed by atoms with Gasteiger partial charge in [-0.25, -0.2) is 0 Å². The van der Waals surface area contributed by atoms with E-state index in [1.165, 1.54) is 0 Å².